The molecule has 1 aliphatic heterocycles. The van der Waals surface area contributed by atoms with Gasteiger partial charge in [0.1, 0.15) is 60.7 Å². The van der Waals surface area contributed by atoms with E-state index in [1.807, 2.05) is 36.4 Å². The minimum absolute atomic E-state index is 0.0326. The third-order valence-electron chi connectivity index (χ3n) is 17.0. The van der Waals surface area contributed by atoms with E-state index in [2.05, 4.69) is 59.1 Å². The average Bonchev–Trinajstić information content (AvgIpc) is 1.37. The molecule has 1 saturated heterocycles. The zero-order valence-corrected chi connectivity index (χ0v) is 56.6. The summed E-state index contributed by atoms with van der Waals surface area (Å²) in [4.78, 5) is 152. The Kier molecular flexibility index (Phi) is 33.1. The molecule has 2 heterocycles. The molecule has 526 valence electrons. The number of hydrogen-bond donors (Lipinski definition) is 12. The van der Waals surface area contributed by atoms with Gasteiger partial charge in [-0.3, -0.25) is 48.1 Å². The number of carbonyl (C=O) groups excluding carboxylic acids is 9. The van der Waals surface area contributed by atoms with Crippen molar-refractivity contribution in [1.29, 1.82) is 0 Å². The molecular weight excluding hydrogens is 1230 g/mol. The van der Waals surface area contributed by atoms with Gasteiger partial charge in [-0.05, 0) is 78.0 Å². The van der Waals surface area contributed by atoms with Crippen LogP contribution in [0, 0.1) is 11.8 Å². The lowest BCUT2D eigenvalue weighted by molar-refractivity contribution is -0.147. The molecule has 14 N–H and O–H groups in total. The number of nitrogens with one attached hydrogen (secondary N) is 8. The van der Waals surface area contributed by atoms with Crippen molar-refractivity contribution in [3.05, 3.63) is 96.1 Å². The standard InChI is InChI=1S/C70H103N13O13/c1-7-8-9-10-11-12-13-14-15-16-17-18-19-31-59(86)96-42-57(76-46(6)84)64(89)77-53(29-23-36-74-70(71)72)62(87)81-60(44(2)3)66(91)78-54(38-47-32-34-51(85)35-33-47)63(88)82-61(45(4)5)67(92)79-55(40-50-41-73-43-75-50)68(93)83-37-24-30-58(83)65(90)80-56(69(94)95)39-49-27-22-26-48-25-20-21-28-52(48)49/h20-22,25-28,32-35,41,43-45,53-58,60-61,85H,7-19,23-24,29-31,36-40,42H2,1-6H3,(H,73,75)(H,76,84)(H,77,89)(H,78,91)(H,79,92)(H,80,90)(H,81,87)(H,82,88)(H,94,95)(H4,71,72,74)/t53-,54-,55-,56+,57-,58-,60-,61-/m0/s1. The first-order valence-electron chi connectivity index (χ1n) is 34.0. The van der Waals surface area contributed by atoms with E-state index in [9.17, 15) is 58.2 Å². The number of H-pyrrole nitrogens is 1. The first-order valence-corrected chi connectivity index (χ1v) is 34.0. The van der Waals surface area contributed by atoms with E-state index in [0.29, 0.717) is 29.7 Å². The summed E-state index contributed by atoms with van der Waals surface area (Å²) in [5, 5.41) is 41.0. The van der Waals surface area contributed by atoms with E-state index in [-0.39, 0.29) is 69.7 Å². The second kappa shape index (κ2) is 41.0. The number of likely N-dealkylation sites (tertiary alicyclic amines) is 1. The lowest BCUT2D eigenvalue weighted by atomic mass is 9.98. The average molecular weight is 1330 g/mol. The molecule has 26 nitrogen and oxygen atoms in total. The minimum Gasteiger partial charge on any atom is -0.508 e. The molecule has 8 amide bonds. The Morgan fingerprint density at radius 2 is 1.21 bits per heavy atom. The molecular formula is C70H103N13O13. The number of esters is 1. The van der Waals surface area contributed by atoms with Gasteiger partial charge in [0.25, 0.3) is 0 Å². The van der Waals surface area contributed by atoms with E-state index in [4.69, 9.17) is 16.2 Å². The zero-order valence-electron chi connectivity index (χ0n) is 56.6. The van der Waals surface area contributed by atoms with E-state index in [1.54, 1.807) is 33.8 Å². The fourth-order valence-corrected chi connectivity index (χ4v) is 11.7. The van der Waals surface area contributed by atoms with Crippen molar-refractivity contribution in [2.75, 3.05) is 19.7 Å². The molecule has 4 aromatic rings. The van der Waals surface area contributed by atoms with Gasteiger partial charge in [-0.1, -0.05) is 166 Å². The third-order valence-corrected chi connectivity index (χ3v) is 17.0. The summed E-state index contributed by atoms with van der Waals surface area (Å²) in [6.45, 7) is 9.63. The summed E-state index contributed by atoms with van der Waals surface area (Å²) in [7, 11) is 0. The van der Waals surface area contributed by atoms with Crippen LogP contribution in [0.4, 0.5) is 0 Å². The molecule has 0 radical (unpaired) electrons. The van der Waals surface area contributed by atoms with Crippen molar-refractivity contribution >= 4 is 75.9 Å². The van der Waals surface area contributed by atoms with Crippen LogP contribution in [0.3, 0.4) is 0 Å². The Bertz CT molecular complexity index is 3190. The predicted molar refractivity (Wildman–Crippen MR) is 364 cm³/mol. The first kappa shape index (κ1) is 77.6. The maximum absolute atomic E-state index is 14.8. The highest BCUT2D eigenvalue weighted by molar-refractivity contribution is 5.98. The smallest absolute Gasteiger partial charge is 0.326 e. The number of carbonyl (C=O) groups is 10. The number of unbranched alkanes of at least 4 members (excludes halogenated alkanes) is 12. The van der Waals surface area contributed by atoms with E-state index in [0.717, 1.165) is 36.5 Å². The van der Waals surface area contributed by atoms with Crippen LogP contribution in [-0.2, 0) is 71.9 Å². The van der Waals surface area contributed by atoms with Crippen molar-refractivity contribution in [1.82, 2.24) is 52.1 Å². The number of ether oxygens (including phenoxy) is 1. The number of aliphatic carboxylic acids is 1. The van der Waals surface area contributed by atoms with Crippen molar-refractivity contribution in [2.45, 2.75) is 225 Å². The molecule has 8 atom stereocenters. The zero-order chi connectivity index (χ0) is 70.1. The van der Waals surface area contributed by atoms with Crippen molar-refractivity contribution in [3.63, 3.8) is 0 Å². The molecule has 1 aromatic heterocycles. The van der Waals surface area contributed by atoms with Crippen LogP contribution in [0.5, 0.6) is 5.75 Å². The third kappa shape index (κ3) is 26.6. The van der Waals surface area contributed by atoms with Crippen LogP contribution in [0.1, 0.15) is 174 Å². The highest BCUT2D eigenvalue weighted by atomic mass is 16.5. The summed E-state index contributed by atoms with van der Waals surface area (Å²) >= 11 is 0. The van der Waals surface area contributed by atoms with Gasteiger partial charge in [0.2, 0.25) is 47.3 Å². The number of aromatic amines is 1. The van der Waals surface area contributed by atoms with Gasteiger partial charge in [0.15, 0.2) is 5.96 Å². The van der Waals surface area contributed by atoms with Crippen molar-refractivity contribution < 1.29 is 62.9 Å². The number of phenolic OH excluding ortho intramolecular Hbond substituents is 1. The Hall–Kier alpha value is -9.10. The number of aromatic nitrogens is 2. The topological polar surface area (TPSA) is 401 Å². The van der Waals surface area contributed by atoms with Gasteiger partial charge in [-0.25, -0.2) is 9.78 Å². The molecule has 0 unspecified atom stereocenters. The molecule has 0 aliphatic carbocycles. The fourth-order valence-electron chi connectivity index (χ4n) is 11.7. The Labute approximate surface area is 563 Å². The van der Waals surface area contributed by atoms with Crippen molar-refractivity contribution in [2.24, 2.45) is 28.3 Å². The number of benzene rings is 3. The molecule has 1 aliphatic rings. The highest BCUT2D eigenvalue weighted by Crippen LogP contribution is 2.24. The van der Waals surface area contributed by atoms with Crippen LogP contribution in [0.2, 0.25) is 0 Å². The predicted octanol–water partition coefficient (Wildman–Crippen LogP) is 5.18. The highest BCUT2D eigenvalue weighted by Gasteiger charge is 2.41. The summed E-state index contributed by atoms with van der Waals surface area (Å²) in [5.74, 6) is -9.52. The van der Waals surface area contributed by atoms with Gasteiger partial charge < -0.3 is 73.5 Å². The minimum atomic E-state index is -1.45. The largest absolute Gasteiger partial charge is 0.508 e. The maximum Gasteiger partial charge on any atom is 0.326 e. The van der Waals surface area contributed by atoms with Gasteiger partial charge in [0, 0.05) is 57.6 Å². The molecule has 1 fully saturated rings. The van der Waals surface area contributed by atoms with E-state index < -0.39 is 126 Å². The van der Waals surface area contributed by atoms with Crippen molar-refractivity contribution in [3.8, 4) is 5.75 Å². The number of amides is 8. The Balaban J connectivity index is 1.28. The lowest BCUT2D eigenvalue weighted by Crippen LogP contribution is -2.62. The second-order valence-corrected chi connectivity index (χ2v) is 25.6. The van der Waals surface area contributed by atoms with E-state index in [1.165, 1.54) is 100.0 Å². The number of nitrogens with zero attached hydrogens (tertiary/aromatic N) is 3. The van der Waals surface area contributed by atoms with Gasteiger partial charge in [-0.2, -0.15) is 0 Å². The fraction of sp³-hybridized carbons (Fsp3) is 0.571. The van der Waals surface area contributed by atoms with Gasteiger partial charge >= 0.3 is 11.9 Å². The van der Waals surface area contributed by atoms with Crippen LogP contribution in [-0.4, -0.2) is 158 Å². The summed E-state index contributed by atoms with van der Waals surface area (Å²) in [6.07, 6.45) is 18.0. The first-order chi connectivity index (χ1) is 45.9. The summed E-state index contributed by atoms with van der Waals surface area (Å²) in [6, 6.07) is 8.13. The van der Waals surface area contributed by atoms with Crippen LogP contribution in [0.25, 0.3) is 10.8 Å². The SMILES string of the molecule is CCCCCCCCCCCCCCCC(=O)OC[C@H](NC(C)=O)C(=O)N[C@@H](CCCN=C(N)N)C(=O)N[C@H](C(=O)N[C@@H](Cc1ccc(O)cc1)C(=O)N[C@H](C(=O)N[C@@H](Cc1cnc[nH]1)C(=O)N1CCC[C@H]1C(=O)N[C@H](Cc1cccc2ccccc12)C(=O)O)C(C)C)C(C)C. The number of fused-ring (bicyclic) bond motifs is 1. The maximum atomic E-state index is 14.8. The number of phenols is 1. The number of aromatic hydroxyl groups is 1. The molecule has 96 heavy (non-hydrogen) atoms. The van der Waals surface area contributed by atoms with Crippen LogP contribution >= 0.6 is 0 Å². The monoisotopic (exact) mass is 1330 g/mol. The normalized spacial score (nSPS) is 15.0. The van der Waals surface area contributed by atoms with Crippen LogP contribution < -0.4 is 48.7 Å². The second-order valence-electron chi connectivity index (χ2n) is 25.6. The van der Waals surface area contributed by atoms with Gasteiger partial charge in [0.05, 0.1) is 6.33 Å². The van der Waals surface area contributed by atoms with Gasteiger partial charge in [-0.15, -0.1) is 0 Å². The molecule has 0 spiro atoms. The number of nitrogens with two attached hydrogens (primary N) is 2. The lowest BCUT2D eigenvalue weighted by Gasteiger charge is -2.31. The number of rotatable bonds is 43. The van der Waals surface area contributed by atoms with Crippen LogP contribution in [0.15, 0.2) is 84.2 Å². The number of carboxylic acid groups (broad SMARTS) is 1. The Morgan fingerprint density at radius 1 is 0.635 bits per heavy atom. The molecule has 0 bridgehead atoms. The summed E-state index contributed by atoms with van der Waals surface area (Å²) in [5.41, 5.74) is 12.8. The number of aliphatic imine (C=N–C) groups is 1. The number of imidazole rings is 1. The molecule has 26 heteroatoms. The molecule has 0 saturated carbocycles. The molecule has 3 aromatic carbocycles. The quantitative estimate of drug-likeness (QED) is 0.0118. The molecule has 5 rings (SSSR count). The number of guanidine groups is 1. The number of hydrogen-bond acceptors (Lipinski definition) is 14. The van der Waals surface area contributed by atoms with E-state index >= 15 is 0 Å². The Morgan fingerprint density at radius 3 is 1.79 bits per heavy atom. The summed E-state index contributed by atoms with van der Waals surface area (Å²) < 4.78 is 5.47. The number of carboxylic acids is 1.